The van der Waals surface area contributed by atoms with Crippen molar-refractivity contribution in [1.29, 1.82) is 0 Å². The molecule has 0 bridgehead atoms. The fourth-order valence-electron chi connectivity index (χ4n) is 2.20. The third-order valence-corrected chi connectivity index (χ3v) is 3.51. The molecule has 0 saturated heterocycles. The van der Waals surface area contributed by atoms with Crippen LogP contribution >= 0.6 is 15.9 Å². The maximum absolute atomic E-state index is 5.67. The SMILES string of the molecule is C=CCC(C)NC1CCOc2ccc(Br)cc21. The molecule has 0 fully saturated rings. The average Bonchev–Trinajstić information content (AvgIpc) is 2.30. The Kier molecular flexibility index (Phi) is 4.24. The van der Waals surface area contributed by atoms with Crippen LogP contribution < -0.4 is 10.1 Å². The van der Waals surface area contributed by atoms with Crippen LogP contribution in [0.25, 0.3) is 0 Å². The maximum Gasteiger partial charge on any atom is 0.124 e. The quantitative estimate of drug-likeness (QED) is 0.853. The van der Waals surface area contributed by atoms with Gasteiger partial charge in [0, 0.05) is 28.5 Å². The van der Waals surface area contributed by atoms with Gasteiger partial charge in [-0.25, -0.2) is 0 Å². The summed E-state index contributed by atoms with van der Waals surface area (Å²) in [5.41, 5.74) is 1.25. The molecule has 0 saturated carbocycles. The Morgan fingerprint density at radius 3 is 3.24 bits per heavy atom. The Morgan fingerprint density at radius 2 is 2.47 bits per heavy atom. The molecule has 0 spiro atoms. The number of fused-ring (bicyclic) bond motifs is 1. The number of halogens is 1. The molecular weight excluding hydrogens is 278 g/mol. The smallest absolute Gasteiger partial charge is 0.124 e. The van der Waals surface area contributed by atoms with Crippen molar-refractivity contribution in [3.63, 3.8) is 0 Å². The Labute approximate surface area is 111 Å². The van der Waals surface area contributed by atoms with Gasteiger partial charge >= 0.3 is 0 Å². The van der Waals surface area contributed by atoms with E-state index in [-0.39, 0.29) is 0 Å². The molecule has 2 rings (SSSR count). The molecule has 2 atom stereocenters. The Hall–Kier alpha value is -0.800. The van der Waals surface area contributed by atoms with Crippen LogP contribution in [-0.2, 0) is 0 Å². The molecule has 1 N–H and O–H groups in total. The number of ether oxygens (including phenoxy) is 1. The molecule has 0 aliphatic carbocycles. The van der Waals surface area contributed by atoms with E-state index in [0.717, 1.165) is 29.7 Å². The average molecular weight is 296 g/mol. The maximum atomic E-state index is 5.67. The summed E-state index contributed by atoms with van der Waals surface area (Å²) in [6, 6.07) is 7.03. The van der Waals surface area contributed by atoms with E-state index in [4.69, 9.17) is 4.74 Å². The van der Waals surface area contributed by atoms with Crippen LogP contribution in [-0.4, -0.2) is 12.6 Å². The summed E-state index contributed by atoms with van der Waals surface area (Å²) in [5, 5.41) is 3.63. The van der Waals surface area contributed by atoms with Crippen molar-refractivity contribution in [3.8, 4) is 5.75 Å². The number of hydrogen-bond acceptors (Lipinski definition) is 2. The zero-order valence-corrected chi connectivity index (χ0v) is 11.7. The summed E-state index contributed by atoms with van der Waals surface area (Å²) in [6.45, 7) is 6.75. The van der Waals surface area contributed by atoms with Crippen molar-refractivity contribution in [3.05, 3.63) is 40.9 Å². The van der Waals surface area contributed by atoms with E-state index < -0.39 is 0 Å². The van der Waals surface area contributed by atoms with Gasteiger partial charge in [-0.1, -0.05) is 22.0 Å². The second-order valence-electron chi connectivity index (χ2n) is 4.46. The van der Waals surface area contributed by atoms with Gasteiger partial charge in [-0.3, -0.25) is 0 Å². The van der Waals surface area contributed by atoms with Crippen LogP contribution in [0.5, 0.6) is 5.75 Å². The van der Waals surface area contributed by atoms with Crippen LogP contribution in [0.2, 0.25) is 0 Å². The lowest BCUT2D eigenvalue weighted by Crippen LogP contribution is -2.33. The molecule has 0 aromatic heterocycles. The Balaban J connectivity index is 2.16. The second kappa shape index (κ2) is 5.69. The molecule has 1 aliphatic heterocycles. The first-order chi connectivity index (χ1) is 8.20. The van der Waals surface area contributed by atoms with Gasteiger partial charge in [0.25, 0.3) is 0 Å². The van der Waals surface area contributed by atoms with Crippen molar-refractivity contribution in [1.82, 2.24) is 5.32 Å². The lowest BCUT2D eigenvalue weighted by atomic mass is 9.99. The van der Waals surface area contributed by atoms with Crippen LogP contribution in [0, 0.1) is 0 Å². The first-order valence-electron chi connectivity index (χ1n) is 6.00. The lowest BCUT2D eigenvalue weighted by Gasteiger charge is -2.29. The van der Waals surface area contributed by atoms with E-state index in [9.17, 15) is 0 Å². The predicted octanol–water partition coefficient (Wildman–Crippen LogP) is 3.83. The molecule has 2 nitrogen and oxygen atoms in total. The van der Waals surface area contributed by atoms with Crippen molar-refractivity contribution in [2.24, 2.45) is 0 Å². The molecular formula is C14H18BrNO. The summed E-state index contributed by atoms with van der Waals surface area (Å²) < 4.78 is 6.77. The summed E-state index contributed by atoms with van der Waals surface area (Å²) in [6.07, 6.45) is 3.96. The van der Waals surface area contributed by atoms with Crippen molar-refractivity contribution in [2.45, 2.75) is 31.8 Å². The highest BCUT2D eigenvalue weighted by molar-refractivity contribution is 9.10. The molecule has 3 heteroatoms. The minimum absolute atomic E-state index is 0.381. The highest BCUT2D eigenvalue weighted by atomic mass is 79.9. The Bertz CT molecular complexity index is 405. The van der Waals surface area contributed by atoms with Crippen molar-refractivity contribution in [2.75, 3.05) is 6.61 Å². The highest BCUT2D eigenvalue weighted by Gasteiger charge is 2.22. The van der Waals surface area contributed by atoms with Gasteiger partial charge in [-0.15, -0.1) is 6.58 Å². The van der Waals surface area contributed by atoms with E-state index in [2.05, 4.69) is 40.8 Å². The van der Waals surface area contributed by atoms with E-state index >= 15 is 0 Å². The van der Waals surface area contributed by atoms with Crippen LogP contribution in [0.4, 0.5) is 0 Å². The standard InChI is InChI=1S/C14H18BrNO/c1-3-4-10(2)16-13-7-8-17-14-6-5-11(15)9-12(13)14/h3,5-6,9-10,13,16H,1,4,7-8H2,2H3. The van der Waals surface area contributed by atoms with Gasteiger partial charge in [0.1, 0.15) is 5.75 Å². The largest absolute Gasteiger partial charge is 0.493 e. The summed E-state index contributed by atoms with van der Waals surface area (Å²) in [5.74, 6) is 1.00. The summed E-state index contributed by atoms with van der Waals surface area (Å²) in [7, 11) is 0. The monoisotopic (exact) mass is 295 g/mol. The molecule has 1 aromatic rings. The van der Waals surface area contributed by atoms with Gasteiger partial charge in [0.2, 0.25) is 0 Å². The molecule has 0 radical (unpaired) electrons. The molecule has 1 aromatic carbocycles. The van der Waals surface area contributed by atoms with E-state index in [1.54, 1.807) is 0 Å². The van der Waals surface area contributed by atoms with Gasteiger partial charge in [-0.05, 0) is 31.5 Å². The third kappa shape index (κ3) is 3.11. The molecule has 0 amide bonds. The minimum atomic E-state index is 0.381. The van der Waals surface area contributed by atoms with Crippen molar-refractivity contribution >= 4 is 15.9 Å². The predicted molar refractivity (Wildman–Crippen MR) is 74.4 cm³/mol. The lowest BCUT2D eigenvalue weighted by molar-refractivity contribution is 0.245. The number of nitrogens with one attached hydrogen (secondary N) is 1. The van der Waals surface area contributed by atoms with Crippen molar-refractivity contribution < 1.29 is 4.74 Å². The minimum Gasteiger partial charge on any atom is -0.493 e. The Morgan fingerprint density at radius 1 is 1.65 bits per heavy atom. The van der Waals surface area contributed by atoms with E-state index in [1.807, 2.05) is 18.2 Å². The van der Waals surface area contributed by atoms with Crippen LogP contribution in [0.3, 0.4) is 0 Å². The molecule has 92 valence electrons. The van der Waals surface area contributed by atoms with Crippen LogP contribution in [0.15, 0.2) is 35.3 Å². The van der Waals surface area contributed by atoms with Gasteiger partial charge in [0.15, 0.2) is 0 Å². The number of hydrogen-bond donors (Lipinski definition) is 1. The summed E-state index contributed by atoms with van der Waals surface area (Å²) >= 11 is 3.52. The zero-order chi connectivity index (χ0) is 12.3. The molecule has 1 heterocycles. The molecule has 1 aliphatic rings. The van der Waals surface area contributed by atoms with Gasteiger partial charge in [0.05, 0.1) is 6.61 Å². The first-order valence-corrected chi connectivity index (χ1v) is 6.79. The van der Waals surface area contributed by atoms with E-state index in [0.29, 0.717) is 12.1 Å². The normalized spacial score (nSPS) is 20.2. The molecule has 17 heavy (non-hydrogen) atoms. The van der Waals surface area contributed by atoms with Crippen LogP contribution in [0.1, 0.15) is 31.4 Å². The topological polar surface area (TPSA) is 21.3 Å². The zero-order valence-electron chi connectivity index (χ0n) is 10.1. The fraction of sp³-hybridized carbons (Fsp3) is 0.429. The van der Waals surface area contributed by atoms with Gasteiger partial charge < -0.3 is 10.1 Å². The first kappa shape index (κ1) is 12.7. The number of rotatable bonds is 4. The van der Waals surface area contributed by atoms with Gasteiger partial charge in [-0.2, -0.15) is 0 Å². The molecule has 2 unspecified atom stereocenters. The third-order valence-electron chi connectivity index (χ3n) is 3.02. The fourth-order valence-corrected chi connectivity index (χ4v) is 2.58. The highest BCUT2D eigenvalue weighted by Crippen LogP contribution is 2.34. The summed E-state index contributed by atoms with van der Waals surface area (Å²) in [4.78, 5) is 0. The second-order valence-corrected chi connectivity index (χ2v) is 5.38. The van der Waals surface area contributed by atoms with E-state index in [1.165, 1.54) is 5.56 Å². The number of benzene rings is 1.